The van der Waals surface area contributed by atoms with Crippen molar-refractivity contribution < 1.29 is 35.1 Å². The molecule has 0 aliphatic carbocycles. The van der Waals surface area contributed by atoms with Crippen LogP contribution in [0.1, 0.15) is 72.2 Å². The van der Waals surface area contributed by atoms with Gasteiger partial charge in [0.25, 0.3) is 0 Å². The molecule has 2 nitrogen and oxygen atoms in total. The first-order valence-corrected chi connectivity index (χ1v) is 18.1. The fourth-order valence-electron chi connectivity index (χ4n) is 8.52. The molecular formula is C46H36F8N2. The highest BCUT2D eigenvalue weighted by molar-refractivity contribution is 5.90. The summed E-state index contributed by atoms with van der Waals surface area (Å²) in [7, 11) is 0. The van der Waals surface area contributed by atoms with Gasteiger partial charge >= 0.3 is 0 Å². The Morgan fingerprint density at radius 2 is 0.554 bits per heavy atom. The van der Waals surface area contributed by atoms with Crippen LogP contribution in [0.3, 0.4) is 0 Å². The molecule has 8 rings (SSSR count). The van der Waals surface area contributed by atoms with Crippen LogP contribution in [0.5, 0.6) is 0 Å². The van der Waals surface area contributed by atoms with Gasteiger partial charge < -0.3 is 9.80 Å². The molecule has 0 saturated carbocycles. The molecular weight excluding hydrogens is 733 g/mol. The third-order valence-corrected chi connectivity index (χ3v) is 11.4. The fraction of sp³-hybridized carbons (Fsp3) is 0.217. The third kappa shape index (κ3) is 5.06. The maximum Gasteiger partial charge on any atom is 0.186 e. The van der Waals surface area contributed by atoms with Gasteiger partial charge in [-0.25, -0.2) is 35.1 Å². The topological polar surface area (TPSA) is 6.48 Å². The lowest BCUT2D eigenvalue weighted by molar-refractivity contribution is 0.444. The zero-order valence-corrected chi connectivity index (χ0v) is 31.8. The minimum absolute atomic E-state index is 0.215. The van der Waals surface area contributed by atoms with Crippen molar-refractivity contribution in [3.63, 3.8) is 0 Å². The second kappa shape index (κ2) is 12.4. The van der Waals surface area contributed by atoms with E-state index in [9.17, 15) is 0 Å². The van der Waals surface area contributed by atoms with Crippen molar-refractivity contribution in [3.8, 4) is 11.1 Å². The summed E-state index contributed by atoms with van der Waals surface area (Å²) < 4.78 is 132. The van der Waals surface area contributed by atoms with Gasteiger partial charge in [-0.1, -0.05) is 76.2 Å². The van der Waals surface area contributed by atoms with Crippen molar-refractivity contribution in [1.82, 2.24) is 0 Å². The Morgan fingerprint density at radius 1 is 0.339 bits per heavy atom. The number of benzene rings is 6. The first-order valence-electron chi connectivity index (χ1n) is 18.1. The lowest BCUT2D eigenvalue weighted by Crippen LogP contribution is -2.32. The van der Waals surface area contributed by atoms with E-state index in [1.807, 2.05) is 27.7 Å². The molecule has 0 amide bonds. The predicted octanol–water partition coefficient (Wildman–Crippen LogP) is 13.9. The second-order valence-corrected chi connectivity index (χ2v) is 16.0. The minimum atomic E-state index is -2.24. The Morgan fingerprint density at radius 3 is 0.768 bits per heavy atom. The van der Waals surface area contributed by atoms with Crippen molar-refractivity contribution in [1.29, 1.82) is 0 Å². The summed E-state index contributed by atoms with van der Waals surface area (Å²) >= 11 is 0. The van der Waals surface area contributed by atoms with Gasteiger partial charge in [0, 0.05) is 10.8 Å². The Kier molecular flexibility index (Phi) is 8.28. The normalized spacial score (nSPS) is 15.0. The predicted molar refractivity (Wildman–Crippen MR) is 204 cm³/mol. The molecule has 56 heavy (non-hydrogen) atoms. The number of fused-ring (bicyclic) bond motifs is 4. The van der Waals surface area contributed by atoms with Crippen LogP contribution in [-0.4, -0.2) is 0 Å². The molecule has 0 N–H and O–H groups in total. The van der Waals surface area contributed by atoms with E-state index in [1.54, 1.807) is 100 Å². The van der Waals surface area contributed by atoms with Gasteiger partial charge in [-0.2, -0.15) is 0 Å². The van der Waals surface area contributed by atoms with Crippen LogP contribution in [0.4, 0.5) is 69.2 Å². The van der Waals surface area contributed by atoms with E-state index < -0.39 is 79.9 Å². The third-order valence-electron chi connectivity index (χ3n) is 11.4. The largest absolute Gasteiger partial charge is 0.304 e. The Labute approximate surface area is 319 Å². The summed E-state index contributed by atoms with van der Waals surface area (Å²) in [4.78, 5) is 2.06. The lowest BCUT2D eigenvalue weighted by Gasteiger charge is -2.42. The summed E-state index contributed by atoms with van der Waals surface area (Å²) in [5.41, 5.74) is -1.86. The zero-order chi connectivity index (χ0) is 40.5. The smallest absolute Gasteiger partial charge is 0.186 e. The first-order chi connectivity index (χ1) is 26.3. The standard InChI is InChI=1S/C46H36F8N2/c1-21-9-13-25-29(17-21)55(30-18-22(2)10-14-26(30)45(25,5)6)43-39(51)35(47)33(36(48)40(43)52)34-37(49)41(53)44(42(54)38(34)50)56-31-19-23(3)11-15-27(31)46(7,8)28-16-12-24(4)20-32(28)56/h9-20H,1-8H3. The average molecular weight is 769 g/mol. The number of aryl methyl sites for hydroxylation is 4. The van der Waals surface area contributed by atoms with Gasteiger partial charge in [0.05, 0.1) is 33.9 Å². The molecule has 0 fully saturated rings. The van der Waals surface area contributed by atoms with Gasteiger partial charge in [-0.15, -0.1) is 0 Å². The van der Waals surface area contributed by atoms with Gasteiger partial charge in [0.15, 0.2) is 46.5 Å². The van der Waals surface area contributed by atoms with Gasteiger partial charge in [0.1, 0.15) is 11.4 Å². The molecule has 6 aromatic rings. The van der Waals surface area contributed by atoms with Crippen LogP contribution in [0.2, 0.25) is 0 Å². The molecule has 0 spiro atoms. The quantitative estimate of drug-likeness (QED) is 0.131. The van der Waals surface area contributed by atoms with Crippen LogP contribution in [-0.2, 0) is 10.8 Å². The maximum atomic E-state index is 16.6. The molecule has 0 unspecified atom stereocenters. The molecule has 286 valence electrons. The van der Waals surface area contributed by atoms with E-state index in [0.717, 1.165) is 9.80 Å². The summed E-state index contributed by atoms with van der Waals surface area (Å²) in [6.07, 6.45) is 0. The van der Waals surface area contributed by atoms with Crippen molar-refractivity contribution >= 4 is 34.1 Å². The number of hydrogen-bond acceptors (Lipinski definition) is 2. The summed E-state index contributed by atoms with van der Waals surface area (Å²) in [6.45, 7) is 14.5. The van der Waals surface area contributed by atoms with Crippen molar-refractivity contribution in [2.24, 2.45) is 0 Å². The van der Waals surface area contributed by atoms with Gasteiger partial charge in [-0.05, 0) is 96.5 Å². The minimum Gasteiger partial charge on any atom is -0.304 e. The molecule has 0 saturated heterocycles. The lowest BCUT2D eigenvalue weighted by atomic mass is 9.73. The van der Waals surface area contributed by atoms with Gasteiger partial charge in [-0.3, -0.25) is 0 Å². The second-order valence-electron chi connectivity index (χ2n) is 16.0. The molecule has 10 heteroatoms. The number of rotatable bonds is 3. The number of halogens is 8. The van der Waals surface area contributed by atoms with Crippen LogP contribution < -0.4 is 9.80 Å². The Bertz CT molecular complexity index is 2340. The molecule has 0 bridgehead atoms. The highest BCUT2D eigenvalue weighted by Crippen LogP contribution is 2.56. The Balaban J connectivity index is 1.38. The average Bonchev–Trinajstić information content (AvgIpc) is 3.13. The molecule has 2 heterocycles. The van der Waals surface area contributed by atoms with Crippen LogP contribution in [0.15, 0.2) is 72.8 Å². The molecule has 6 aromatic carbocycles. The monoisotopic (exact) mass is 768 g/mol. The molecule has 2 aliphatic heterocycles. The van der Waals surface area contributed by atoms with E-state index in [2.05, 4.69) is 0 Å². The fourth-order valence-corrected chi connectivity index (χ4v) is 8.52. The van der Waals surface area contributed by atoms with Crippen molar-refractivity contribution in [2.75, 3.05) is 9.80 Å². The van der Waals surface area contributed by atoms with Gasteiger partial charge in [0.2, 0.25) is 0 Å². The molecule has 0 aromatic heterocycles. The molecule has 0 radical (unpaired) electrons. The van der Waals surface area contributed by atoms with E-state index in [-0.39, 0.29) is 22.7 Å². The Hall–Kier alpha value is -5.64. The number of nitrogens with zero attached hydrogens (tertiary/aromatic N) is 2. The summed E-state index contributed by atoms with van der Waals surface area (Å²) in [5.74, 6) is -17.0. The zero-order valence-electron chi connectivity index (χ0n) is 31.8. The summed E-state index contributed by atoms with van der Waals surface area (Å²) in [6, 6.07) is 20.6. The van der Waals surface area contributed by atoms with E-state index >= 15 is 35.1 Å². The number of anilines is 6. The van der Waals surface area contributed by atoms with Crippen LogP contribution in [0.25, 0.3) is 11.1 Å². The molecule has 0 atom stereocenters. The van der Waals surface area contributed by atoms with Crippen molar-refractivity contribution in [2.45, 2.75) is 66.2 Å². The first kappa shape index (κ1) is 37.3. The van der Waals surface area contributed by atoms with E-state index in [4.69, 9.17) is 0 Å². The number of hydrogen-bond donors (Lipinski definition) is 0. The highest BCUT2D eigenvalue weighted by atomic mass is 19.2. The SMILES string of the molecule is Cc1ccc2c(c1)N(c1c(F)c(F)c(-c3c(F)c(F)c(N4c5cc(C)ccc5C(C)(C)c5ccc(C)cc54)c(F)c3F)c(F)c1F)c1cc(C)ccc1C2(C)C. The van der Waals surface area contributed by atoms with Crippen LogP contribution >= 0.6 is 0 Å². The van der Waals surface area contributed by atoms with Crippen molar-refractivity contribution in [3.05, 3.63) is 164 Å². The molecule has 2 aliphatic rings. The summed E-state index contributed by atoms with van der Waals surface area (Å²) in [5, 5.41) is 0. The van der Waals surface area contributed by atoms with Crippen LogP contribution in [0, 0.1) is 74.2 Å². The highest BCUT2D eigenvalue weighted by Gasteiger charge is 2.44. The maximum absolute atomic E-state index is 16.6. The van der Waals surface area contributed by atoms with E-state index in [0.29, 0.717) is 44.5 Å². The van der Waals surface area contributed by atoms with E-state index in [1.165, 1.54) is 0 Å².